The number of benzene rings is 4. The SMILES string of the molecule is CCCC(c1ccc(C(c2ccc(C(CCC)c3ccc(N)cc3C)cc2)C2CCCCC2)cc1)c1ccc(N)cc1C. The van der Waals surface area contributed by atoms with Gasteiger partial charge in [-0.05, 0) is 114 Å². The predicted octanol–water partition coefficient (Wildman–Crippen LogP) is 11.0. The smallest absolute Gasteiger partial charge is 0.0316 e. The molecule has 4 aromatic rings. The van der Waals surface area contributed by atoms with E-state index in [2.05, 4.69) is 113 Å². The van der Waals surface area contributed by atoms with Crippen LogP contribution in [0.2, 0.25) is 0 Å². The lowest BCUT2D eigenvalue weighted by molar-refractivity contribution is 0.327. The van der Waals surface area contributed by atoms with Gasteiger partial charge >= 0.3 is 0 Å². The van der Waals surface area contributed by atoms with Crippen LogP contribution in [0.5, 0.6) is 0 Å². The van der Waals surface area contributed by atoms with Crippen LogP contribution in [0.3, 0.4) is 0 Å². The number of rotatable bonds is 11. The second-order valence-corrected chi connectivity index (χ2v) is 13.1. The third-order valence-corrected chi connectivity index (χ3v) is 10.0. The molecule has 2 unspecified atom stereocenters. The van der Waals surface area contributed by atoms with E-state index in [1.54, 1.807) is 0 Å². The molecule has 0 heterocycles. The summed E-state index contributed by atoms with van der Waals surface area (Å²) in [7, 11) is 0. The Morgan fingerprint density at radius 3 is 1.33 bits per heavy atom. The van der Waals surface area contributed by atoms with E-state index in [-0.39, 0.29) is 0 Å². The highest BCUT2D eigenvalue weighted by Gasteiger charge is 2.27. The molecule has 43 heavy (non-hydrogen) atoms. The Kier molecular flexibility index (Phi) is 10.3. The maximum absolute atomic E-state index is 6.10. The van der Waals surface area contributed by atoms with E-state index in [1.807, 2.05) is 0 Å². The highest BCUT2D eigenvalue weighted by Crippen LogP contribution is 2.42. The van der Waals surface area contributed by atoms with Crippen molar-refractivity contribution >= 4 is 11.4 Å². The number of hydrogen-bond donors (Lipinski definition) is 2. The van der Waals surface area contributed by atoms with Gasteiger partial charge in [0.1, 0.15) is 0 Å². The van der Waals surface area contributed by atoms with Crippen LogP contribution in [0.1, 0.15) is 134 Å². The molecule has 0 aliphatic heterocycles. The molecule has 1 aliphatic carbocycles. The van der Waals surface area contributed by atoms with Crippen LogP contribution in [0.15, 0.2) is 84.9 Å². The van der Waals surface area contributed by atoms with Crippen molar-refractivity contribution in [2.45, 2.75) is 103 Å². The monoisotopic (exact) mass is 572 g/mol. The number of hydrogen-bond acceptors (Lipinski definition) is 2. The first-order valence-corrected chi connectivity index (χ1v) is 16.8. The van der Waals surface area contributed by atoms with Gasteiger partial charge in [-0.1, -0.05) is 107 Å². The minimum atomic E-state index is 0.402. The average molecular weight is 573 g/mol. The molecule has 0 saturated heterocycles. The lowest BCUT2D eigenvalue weighted by atomic mass is 9.73. The van der Waals surface area contributed by atoms with E-state index in [4.69, 9.17) is 11.5 Å². The molecule has 2 nitrogen and oxygen atoms in total. The minimum Gasteiger partial charge on any atom is -0.399 e. The Bertz CT molecular complexity index is 1360. The third kappa shape index (κ3) is 7.18. The van der Waals surface area contributed by atoms with Crippen molar-refractivity contribution in [1.29, 1.82) is 0 Å². The van der Waals surface area contributed by atoms with Gasteiger partial charge in [-0.2, -0.15) is 0 Å². The zero-order valence-corrected chi connectivity index (χ0v) is 26.9. The molecule has 2 atom stereocenters. The fourth-order valence-electron chi connectivity index (χ4n) is 7.84. The van der Waals surface area contributed by atoms with Gasteiger partial charge in [-0.25, -0.2) is 0 Å². The van der Waals surface area contributed by atoms with E-state index in [1.165, 1.54) is 76.6 Å². The summed E-state index contributed by atoms with van der Waals surface area (Å²) in [4.78, 5) is 0. The van der Waals surface area contributed by atoms with Crippen molar-refractivity contribution in [1.82, 2.24) is 0 Å². The van der Waals surface area contributed by atoms with Crippen molar-refractivity contribution in [3.8, 4) is 0 Å². The average Bonchev–Trinajstić information content (AvgIpc) is 3.01. The maximum Gasteiger partial charge on any atom is 0.0316 e. The summed E-state index contributed by atoms with van der Waals surface area (Å²) >= 11 is 0. The molecule has 0 spiro atoms. The molecule has 0 bridgehead atoms. The Balaban J connectivity index is 1.47. The van der Waals surface area contributed by atoms with Crippen molar-refractivity contribution in [3.63, 3.8) is 0 Å². The molecular weight excluding hydrogens is 520 g/mol. The highest BCUT2D eigenvalue weighted by molar-refractivity contribution is 5.50. The maximum atomic E-state index is 6.10. The molecule has 0 radical (unpaired) electrons. The zero-order valence-electron chi connectivity index (χ0n) is 26.9. The van der Waals surface area contributed by atoms with E-state index >= 15 is 0 Å². The van der Waals surface area contributed by atoms with E-state index in [0.717, 1.165) is 37.1 Å². The normalized spacial score (nSPS) is 16.1. The molecule has 226 valence electrons. The first-order valence-electron chi connectivity index (χ1n) is 16.8. The van der Waals surface area contributed by atoms with Crippen LogP contribution in [0.4, 0.5) is 11.4 Å². The van der Waals surface area contributed by atoms with Gasteiger partial charge in [0.25, 0.3) is 0 Å². The Hall–Kier alpha value is -3.52. The molecule has 2 heteroatoms. The molecule has 0 aromatic heterocycles. The number of nitrogens with two attached hydrogens (primary N) is 2. The standard InChI is InChI=1S/C41H52N2/c1-5-10-39(37-24-22-35(42)26-28(37)3)30-14-18-33(19-15-30)41(32-12-8-7-9-13-32)34-20-16-31(17-21-34)40(11-6-2)38-25-23-36(43)27-29(38)4/h14-27,32,39-41H,5-13,42-43H2,1-4H3. The molecule has 1 aliphatic rings. The van der Waals surface area contributed by atoms with Gasteiger partial charge < -0.3 is 11.5 Å². The number of nitrogen functional groups attached to an aromatic ring is 2. The predicted molar refractivity (Wildman–Crippen MR) is 186 cm³/mol. The summed E-state index contributed by atoms with van der Waals surface area (Å²) in [5.74, 6) is 1.94. The Morgan fingerprint density at radius 1 is 0.558 bits per heavy atom. The van der Waals surface area contributed by atoms with E-state index in [9.17, 15) is 0 Å². The summed E-state index contributed by atoms with van der Waals surface area (Å²) in [6, 6.07) is 32.2. The first-order chi connectivity index (χ1) is 20.9. The second-order valence-electron chi connectivity index (χ2n) is 13.1. The highest BCUT2D eigenvalue weighted by atomic mass is 14.5. The molecule has 5 rings (SSSR count). The van der Waals surface area contributed by atoms with Crippen molar-refractivity contribution in [2.75, 3.05) is 11.5 Å². The first kappa shape index (κ1) is 30.9. The van der Waals surface area contributed by atoms with Crippen LogP contribution in [0.25, 0.3) is 0 Å². The van der Waals surface area contributed by atoms with Gasteiger partial charge in [0.05, 0.1) is 0 Å². The molecule has 4 N–H and O–H groups in total. The van der Waals surface area contributed by atoms with Crippen LogP contribution in [-0.4, -0.2) is 0 Å². The summed E-state index contributed by atoms with van der Waals surface area (Å²) in [5, 5.41) is 0. The lowest BCUT2D eigenvalue weighted by Gasteiger charge is -2.32. The minimum absolute atomic E-state index is 0.402. The molecular formula is C41H52N2. The van der Waals surface area contributed by atoms with Crippen molar-refractivity contribution in [3.05, 3.63) is 129 Å². The topological polar surface area (TPSA) is 52.0 Å². The van der Waals surface area contributed by atoms with Gasteiger partial charge in [-0.3, -0.25) is 0 Å². The summed E-state index contributed by atoms with van der Waals surface area (Å²) in [5.41, 5.74) is 25.0. The fourth-order valence-corrected chi connectivity index (χ4v) is 7.84. The Labute approximate surface area is 260 Å². The van der Waals surface area contributed by atoms with E-state index in [0.29, 0.717) is 23.7 Å². The fraction of sp³-hybridized carbons (Fsp3) is 0.415. The van der Waals surface area contributed by atoms with Crippen molar-refractivity contribution in [2.24, 2.45) is 5.92 Å². The van der Waals surface area contributed by atoms with Gasteiger partial charge in [0.15, 0.2) is 0 Å². The molecule has 1 saturated carbocycles. The Morgan fingerprint density at radius 2 is 0.953 bits per heavy atom. The van der Waals surface area contributed by atoms with Crippen LogP contribution in [-0.2, 0) is 0 Å². The lowest BCUT2D eigenvalue weighted by Crippen LogP contribution is -2.18. The number of aryl methyl sites for hydroxylation is 2. The summed E-state index contributed by atoms with van der Waals surface area (Å²) in [6.45, 7) is 8.98. The largest absolute Gasteiger partial charge is 0.399 e. The van der Waals surface area contributed by atoms with Crippen LogP contribution >= 0.6 is 0 Å². The van der Waals surface area contributed by atoms with Crippen LogP contribution in [0, 0.1) is 19.8 Å². The third-order valence-electron chi connectivity index (χ3n) is 10.0. The quantitative estimate of drug-likeness (QED) is 0.176. The van der Waals surface area contributed by atoms with Crippen LogP contribution < -0.4 is 11.5 Å². The summed E-state index contributed by atoms with van der Waals surface area (Å²) < 4.78 is 0. The van der Waals surface area contributed by atoms with Crippen molar-refractivity contribution < 1.29 is 0 Å². The van der Waals surface area contributed by atoms with Gasteiger partial charge in [0.2, 0.25) is 0 Å². The summed E-state index contributed by atoms with van der Waals surface area (Å²) in [6.07, 6.45) is 11.3. The zero-order chi connectivity index (χ0) is 30.3. The molecule has 1 fully saturated rings. The number of anilines is 2. The molecule has 4 aromatic carbocycles. The van der Waals surface area contributed by atoms with Gasteiger partial charge in [-0.15, -0.1) is 0 Å². The van der Waals surface area contributed by atoms with Gasteiger partial charge in [0, 0.05) is 29.1 Å². The second kappa shape index (κ2) is 14.3. The molecule has 0 amide bonds. The van der Waals surface area contributed by atoms with E-state index < -0.39 is 0 Å².